The van der Waals surface area contributed by atoms with Crippen LogP contribution >= 0.6 is 0 Å². The van der Waals surface area contributed by atoms with Gasteiger partial charge >= 0.3 is 6.09 Å². The highest BCUT2D eigenvalue weighted by Gasteiger charge is 2.34. The van der Waals surface area contributed by atoms with Gasteiger partial charge in [-0.25, -0.2) is 13.2 Å². The zero-order chi connectivity index (χ0) is 30.3. The summed E-state index contributed by atoms with van der Waals surface area (Å²) in [6.07, 6.45) is 6.86. The number of unbranched alkanes of at least 4 members (excludes halogenated alkanes) is 3. The van der Waals surface area contributed by atoms with Crippen molar-refractivity contribution < 1.29 is 36.9 Å². The van der Waals surface area contributed by atoms with Crippen LogP contribution in [0, 0.1) is 0 Å². The van der Waals surface area contributed by atoms with Gasteiger partial charge in [0.15, 0.2) is 9.84 Å². The molecule has 0 bridgehead atoms. The molecule has 1 saturated heterocycles. The van der Waals surface area contributed by atoms with Crippen molar-refractivity contribution in [2.24, 2.45) is 0 Å². The van der Waals surface area contributed by atoms with Crippen molar-refractivity contribution in [1.29, 1.82) is 0 Å². The fraction of sp³-hybridized carbons (Fsp3) is 0.606. The Hall–Kier alpha value is -2.66. The van der Waals surface area contributed by atoms with Gasteiger partial charge in [-0.1, -0.05) is 43.9 Å². The molecular formula is C33H45NO8S. The standard InChI is InChI=1S/C33H45NO8S/c1-33(2)40-24-27-21-26(14-15-30(27)42-33)31-22-34(32(35)41-31)16-7-3-4-8-17-38-18-19-39-23-25-10-9-13-29(20-25)43(36,37)28-11-5-6-12-28/h9-10,13-15,20-21,28,31H,3-8,11-12,16-19,22-24H2,1-2H3/t31-/m0/s1. The van der Waals surface area contributed by atoms with E-state index in [1.54, 1.807) is 23.1 Å². The van der Waals surface area contributed by atoms with E-state index >= 15 is 0 Å². The summed E-state index contributed by atoms with van der Waals surface area (Å²) >= 11 is 0. The normalized spacial score (nSPS) is 20.2. The van der Waals surface area contributed by atoms with Crippen molar-refractivity contribution in [2.75, 3.05) is 32.9 Å². The molecule has 1 saturated carbocycles. The van der Waals surface area contributed by atoms with E-state index in [1.165, 1.54) is 0 Å². The van der Waals surface area contributed by atoms with Gasteiger partial charge in [-0.3, -0.25) is 0 Å². The largest absolute Gasteiger partial charge is 0.463 e. The quantitative estimate of drug-likeness (QED) is 0.214. The Bertz CT molecular complexity index is 1340. The van der Waals surface area contributed by atoms with Crippen LogP contribution in [0.5, 0.6) is 5.75 Å². The average molecular weight is 616 g/mol. The maximum Gasteiger partial charge on any atom is 0.410 e. The fourth-order valence-electron chi connectivity index (χ4n) is 5.90. The summed E-state index contributed by atoms with van der Waals surface area (Å²) in [5.74, 6) is 0.177. The summed E-state index contributed by atoms with van der Waals surface area (Å²) in [6, 6.07) is 13.0. The van der Waals surface area contributed by atoms with E-state index in [1.807, 2.05) is 38.1 Å². The number of hydrogen-bond donors (Lipinski definition) is 0. The third kappa shape index (κ3) is 8.50. The Morgan fingerprint density at radius 3 is 2.58 bits per heavy atom. The number of fused-ring (bicyclic) bond motifs is 1. The molecule has 5 rings (SSSR count). The molecule has 2 heterocycles. The number of benzene rings is 2. The summed E-state index contributed by atoms with van der Waals surface area (Å²) in [5.41, 5.74) is 2.80. The van der Waals surface area contributed by atoms with Crippen LogP contribution in [0.2, 0.25) is 0 Å². The molecule has 0 radical (unpaired) electrons. The van der Waals surface area contributed by atoms with Crippen molar-refractivity contribution in [3.63, 3.8) is 0 Å². The van der Waals surface area contributed by atoms with Gasteiger partial charge in [-0.05, 0) is 61.1 Å². The number of sulfone groups is 1. The van der Waals surface area contributed by atoms with Crippen LogP contribution in [0.25, 0.3) is 0 Å². The second-order valence-corrected chi connectivity index (χ2v) is 14.4. The van der Waals surface area contributed by atoms with Gasteiger partial charge in [0.25, 0.3) is 0 Å². The molecule has 3 aliphatic rings. The Morgan fingerprint density at radius 2 is 1.74 bits per heavy atom. The first-order chi connectivity index (χ1) is 20.7. The Balaban J connectivity index is 0.907. The van der Waals surface area contributed by atoms with Crippen LogP contribution in [0.15, 0.2) is 47.4 Å². The van der Waals surface area contributed by atoms with E-state index in [9.17, 15) is 13.2 Å². The lowest BCUT2D eigenvalue weighted by Gasteiger charge is -2.32. The first-order valence-corrected chi connectivity index (χ1v) is 17.2. The number of cyclic esters (lactones) is 1. The highest BCUT2D eigenvalue weighted by molar-refractivity contribution is 7.92. The third-order valence-corrected chi connectivity index (χ3v) is 10.6. The zero-order valence-electron chi connectivity index (χ0n) is 25.4. The van der Waals surface area contributed by atoms with E-state index in [0.29, 0.717) is 51.0 Å². The summed E-state index contributed by atoms with van der Waals surface area (Å²) in [6.45, 7) is 7.47. The number of rotatable bonds is 15. The number of carbonyl (C=O) groups excluding carboxylic acids is 1. The van der Waals surface area contributed by atoms with E-state index < -0.39 is 15.6 Å². The van der Waals surface area contributed by atoms with Crippen LogP contribution in [0.3, 0.4) is 0 Å². The van der Waals surface area contributed by atoms with Crippen molar-refractivity contribution >= 4 is 15.9 Å². The zero-order valence-corrected chi connectivity index (χ0v) is 26.2. The maximum absolute atomic E-state index is 12.8. The average Bonchev–Trinajstić information content (AvgIpc) is 3.66. The van der Waals surface area contributed by atoms with Crippen LogP contribution in [0.1, 0.15) is 88.0 Å². The lowest BCUT2D eigenvalue weighted by Crippen LogP contribution is -2.35. The molecule has 2 aromatic rings. The molecule has 1 aliphatic carbocycles. The molecule has 0 spiro atoms. The predicted octanol–water partition coefficient (Wildman–Crippen LogP) is 6.34. The van der Waals surface area contributed by atoms with Gasteiger partial charge in [0.05, 0.1) is 43.1 Å². The Morgan fingerprint density at radius 1 is 0.953 bits per heavy atom. The summed E-state index contributed by atoms with van der Waals surface area (Å²) in [7, 11) is -3.25. The monoisotopic (exact) mass is 615 g/mol. The van der Waals surface area contributed by atoms with E-state index in [4.69, 9.17) is 23.7 Å². The number of hydrogen-bond acceptors (Lipinski definition) is 8. The number of carbonyl (C=O) groups is 1. The van der Waals surface area contributed by atoms with Gasteiger partial charge in [-0.2, -0.15) is 0 Å². The molecule has 9 nitrogen and oxygen atoms in total. The molecule has 1 atom stereocenters. The first kappa shape index (κ1) is 31.8. The van der Waals surface area contributed by atoms with Crippen LogP contribution in [-0.4, -0.2) is 63.4 Å². The lowest BCUT2D eigenvalue weighted by molar-refractivity contribution is -0.180. The summed E-state index contributed by atoms with van der Waals surface area (Å²) in [4.78, 5) is 14.6. The molecule has 1 amide bonds. The second-order valence-electron chi connectivity index (χ2n) is 12.2. The highest BCUT2D eigenvalue weighted by Crippen LogP contribution is 2.35. The lowest BCUT2D eigenvalue weighted by atomic mass is 10.0. The van der Waals surface area contributed by atoms with Crippen molar-refractivity contribution in [1.82, 2.24) is 4.90 Å². The minimum absolute atomic E-state index is 0.244. The van der Waals surface area contributed by atoms with Crippen LogP contribution in [0.4, 0.5) is 4.79 Å². The Labute approximate surface area is 255 Å². The van der Waals surface area contributed by atoms with Gasteiger partial charge in [0.2, 0.25) is 5.79 Å². The van der Waals surface area contributed by atoms with E-state index in [-0.39, 0.29) is 17.4 Å². The highest BCUT2D eigenvalue weighted by atomic mass is 32.2. The molecule has 236 valence electrons. The molecule has 2 fully saturated rings. The predicted molar refractivity (Wildman–Crippen MR) is 162 cm³/mol. The molecule has 43 heavy (non-hydrogen) atoms. The van der Waals surface area contributed by atoms with Gasteiger partial charge in [-0.15, -0.1) is 0 Å². The van der Waals surface area contributed by atoms with Crippen molar-refractivity contribution in [2.45, 2.75) is 100 Å². The SMILES string of the molecule is CC1(C)OCc2cc([C@@H]3CN(CCCCCCOCCOCc4cccc(S(=O)(=O)C5CCCC5)c4)C(=O)O3)ccc2O1. The molecule has 0 aromatic heterocycles. The van der Waals surface area contributed by atoms with Gasteiger partial charge < -0.3 is 28.6 Å². The van der Waals surface area contributed by atoms with Gasteiger partial charge in [0, 0.05) is 32.6 Å². The Kier molecular flexibility index (Phi) is 10.6. The minimum Gasteiger partial charge on any atom is -0.463 e. The first-order valence-electron chi connectivity index (χ1n) is 15.6. The third-order valence-electron chi connectivity index (χ3n) is 8.35. The van der Waals surface area contributed by atoms with E-state index in [2.05, 4.69) is 0 Å². The van der Waals surface area contributed by atoms with Crippen LogP contribution < -0.4 is 4.74 Å². The van der Waals surface area contributed by atoms with Crippen molar-refractivity contribution in [3.05, 3.63) is 59.2 Å². The molecule has 0 N–H and O–H groups in total. The molecule has 2 aliphatic heterocycles. The number of ether oxygens (including phenoxy) is 5. The molecule has 10 heteroatoms. The maximum atomic E-state index is 12.8. The summed E-state index contributed by atoms with van der Waals surface area (Å²) in [5, 5.41) is -0.244. The van der Waals surface area contributed by atoms with Gasteiger partial charge in [0.1, 0.15) is 11.9 Å². The number of nitrogens with zero attached hydrogens (tertiary/aromatic N) is 1. The molecule has 2 aromatic carbocycles. The summed E-state index contributed by atoms with van der Waals surface area (Å²) < 4.78 is 54.4. The minimum atomic E-state index is -3.25. The fourth-order valence-corrected chi connectivity index (χ4v) is 7.82. The van der Waals surface area contributed by atoms with Crippen LogP contribution in [-0.2, 0) is 42.0 Å². The molecule has 0 unspecified atom stereocenters. The second kappa shape index (κ2) is 14.4. The topological polar surface area (TPSA) is 101 Å². The van der Waals surface area contributed by atoms with E-state index in [0.717, 1.165) is 73.8 Å². The van der Waals surface area contributed by atoms with Crippen molar-refractivity contribution in [3.8, 4) is 5.75 Å². The molecular weight excluding hydrogens is 570 g/mol. The number of amides is 1. The smallest absolute Gasteiger partial charge is 0.410 e.